The molecule has 3 rings (SSSR count). The number of aryl methyl sites for hydroxylation is 4. The Labute approximate surface area is 225 Å². The Balaban J connectivity index is 0. The Bertz CT molecular complexity index is 864. The molecule has 5 heteroatoms. The zero-order valence-corrected chi connectivity index (χ0v) is 24.9. The Kier molecular flexibility index (Phi) is 13.6. The summed E-state index contributed by atoms with van der Waals surface area (Å²) >= 11 is 0. The smallest absolute Gasteiger partial charge is 1.00 e. The Morgan fingerprint density at radius 3 is 1.35 bits per heavy atom. The molecule has 31 heavy (non-hydrogen) atoms. The predicted octanol–water partition coefficient (Wildman–Crippen LogP) is -3.69. The maximum absolute atomic E-state index is 3.75. The topological polar surface area (TPSA) is 0 Å². The molecule has 1 aliphatic rings. The summed E-state index contributed by atoms with van der Waals surface area (Å²) in [6.45, 7) is 18.2. The summed E-state index contributed by atoms with van der Waals surface area (Å²) < 4.78 is 0. The van der Waals surface area contributed by atoms with Gasteiger partial charge in [0.2, 0.25) is 0 Å². The molecule has 0 saturated carbocycles. The first-order valence-corrected chi connectivity index (χ1v) is 11.8. The van der Waals surface area contributed by atoms with Gasteiger partial charge in [0.25, 0.3) is 0 Å². The van der Waals surface area contributed by atoms with Crippen molar-refractivity contribution in [2.75, 3.05) is 0 Å². The van der Waals surface area contributed by atoms with E-state index < -0.39 is 8.80 Å². The number of hydrogen-bond donors (Lipinski definition) is 0. The molecule has 0 amide bonds. The molecule has 2 aromatic carbocycles. The van der Waals surface area contributed by atoms with E-state index in [9.17, 15) is 0 Å². The van der Waals surface area contributed by atoms with Crippen LogP contribution in [0.3, 0.4) is 0 Å². The van der Waals surface area contributed by atoms with Crippen molar-refractivity contribution in [2.24, 2.45) is 5.41 Å². The van der Waals surface area contributed by atoms with Crippen LogP contribution in [0.2, 0.25) is 0 Å². The van der Waals surface area contributed by atoms with Gasteiger partial charge in [-0.1, -0.05) is 103 Å². The zero-order valence-electron chi connectivity index (χ0n) is 19.9. The van der Waals surface area contributed by atoms with Gasteiger partial charge < -0.3 is 37.2 Å². The van der Waals surface area contributed by atoms with Gasteiger partial charge in [-0.05, 0) is 33.1 Å². The second-order valence-electron chi connectivity index (χ2n) is 9.51. The van der Waals surface area contributed by atoms with Gasteiger partial charge in [-0.15, -0.1) is 0 Å². The van der Waals surface area contributed by atoms with E-state index in [0.717, 1.165) is 6.42 Å². The van der Waals surface area contributed by atoms with Crippen molar-refractivity contribution in [3.8, 4) is 0 Å². The molecule has 0 fully saturated rings. The van der Waals surface area contributed by atoms with Gasteiger partial charge >= 0.3 is 21.7 Å². The summed E-state index contributed by atoms with van der Waals surface area (Å²) in [5, 5.41) is 4.76. The van der Waals surface area contributed by atoms with Crippen LogP contribution < -0.4 is 47.6 Å². The minimum atomic E-state index is -1.51. The third kappa shape index (κ3) is 7.91. The summed E-state index contributed by atoms with van der Waals surface area (Å²) in [5.74, 6) is 0. The Hall–Kier alpha value is -0.279. The number of benzene rings is 2. The maximum atomic E-state index is 3.75. The van der Waals surface area contributed by atoms with E-state index in [-0.39, 0.29) is 64.4 Å². The third-order valence-electron chi connectivity index (χ3n) is 5.37. The van der Waals surface area contributed by atoms with Crippen molar-refractivity contribution in [3.63, 3.8) is 0 Å². The second-order valence-corrected chi connectivity index (χ2v) is 12.4. The van der Waals surface area contributed by atoms with Gasteiger partial charge in [0.1, 0.15) is 0 Å². The van der Waals surface area contributed by atoms with E-state index in [4.69, 9.17) is 0 Å². The minimum Gasteiger partial charge on any atom is -1.00 e. The van der Waals surface area contributed by atoms with Gasteiger partial charge in [-0.25, -0.2) is 16.8 Å². The average molecular weight is 528 g/mol. The average Bonchev–Trinajstić information content (AvgIpc) is 2.87. The second kappa shape index (κ2) is 12.8. The van der Waals surface area contributed by atoms with Crippen molar-refractivity contribution < 1.29 is 58.9 Å². The van der Waals surface area contributed by atoms with Gasteiger partial charge in [-0.2, -0.15) is 5.57 Å². The Morgan fingerprint density at radius 1 is 0.677 bits per heavy atom. The van der Waals surface area contributed by atoms with Gasteiger partial charge in [0.15, 0.2) is 0 Å². The van der Waals surface area contributed by atoms with Crippen LogP contribution in [0, 0.1) is 39.2 Å². The maximum Gasteiger partial charge on any atom is 4.00 e. The molecule has 2 aromatic rings. The van der Waals surface area contributed by atoms with Crippen LogP contribution in [-0.4, -0.2) is 8.80 Å². The fourth-order valence-corrected chi connectivity index (χ4v) is 8.79. The number of halogens is 3. The molecule has 1 aliphatic carbocycles. The van der Waals surface area contributed by atoms with Gasteiger partial charge in [0, 0.05) is 8.80 Å². The van der Waals surface area contributed by atoms with E-state index in [0.29, 0.717) is 0 Å². The van der Waals surface area contributed by atoms with Crippen LogP contribution in [-0.2, 0) is 21.7 Å². The number of hydrogen-bond acceptors (Lipinski definition) is 0. The summed E-state index contributed by atoms with van der Waals surface area (Å²) in [4.78, 5) is 0. The summed E-state index contributed by atoms with van der Waals surface area (Å²) in [7, 11) is -1.51. The summed E-state index contributed by atoms with van der Waals surface area (Å²) in [5.41, 5.74) is 8.47. The molecular weight excluding hydrogens is 495 g/mol. The van der Waals surface area contributed by atoms with Gasteiger partial charge in [0.05, 0.1) is 0 Å². The molecular formula is C26H33Cl3SiTi. The third-order valence-corrected chi connectivity index (χ3v) is 8.56. The monoisotopic (exact) mass is 526 g/mol. The number of allylic oxidation sites excluding steroid dienone is 4. The molecule has 0 saturated heterocycles. The predicted molar refractivity (Wildman–Crippen MR) is 122 cm³/mol. The van der Waals surface area contributed by atoms with Crippen molar-refractivity contribution in [1.82, 2.24) is 0 Å². The van der Waals surface area contributed by atoms with Crippen LogP contribution in [0.4, 0.5) is 0 Å². The molecule has 0 heterocycles. The zero-order chi connectivity index (χ0) is 19.9. The first-order valence-electron chi connectivity index (χ1n) is 10.0. The van der Waals surface area contributed by atoms with E-state index >= 15 is 0 Å². The van der Waals surface area contributed by atoms with E-state index in [2.05, 4.69) is 97.9 Å². The van der Waals surface area contributed by atoms with Crippen LogP contribution >= 0.6 is 0 Å². The molecule has 0 N–H and O–H groups in total. The van der Waals surface area contributed by atoms with E-state index in [1.165, 1.54) is 33.4 Å². The molecule has 166 valence electrons. The molecule has 0 spiro atoms. The Morgan fingerprint density at radius 2 is 1.03 bits per heavy atom. The van der Waals surface area contributed by atoms with Crippen LogP contribution in [0.1, 0.15) is 56.4 Å². The first kappa shape index (κ1) is 32.9. The molecule has 0 nitrogen and oxygen atoms in total. The van der Waals surface area contributed by atoms with Crippen LogP contribution in [0.5, 0.6) is 0 Å². The van der Waals surface area contributed by atoms with E-state index in [1.54, 1.807) is 15.6 Å². The van der Waals surface area contributed by atoms with Crippen molar-refractivity contribution in [3.05, 3.63) is 81.1 Å². The van der Waals surface area contributed by atoms with Crippen molar-refractivity contribution in [2.45, 2.75) is 61.8 Å². The van der Waals surface area contributed by atoms with E-state index in [1.807, 2.05) is 0 Å². The molecule has 0 bridgehead atoms. The summed E-state index contributed by atoms with van der Waals surface area (Å²) in [6, 6.07) is 14.3. The first-order chi connectivity index (χ1) is 12.5. The molecule has 0 aromatic heterocycles. The van der Waals surface area contributed by atoms with Gasteiger partial charge in [-0.3, -0.25) is 0 Å². The minimum absolute atomic E-state index is 0. The summed E-state index contributed by atoms with van der Waals surface area (Å²) in [6.07, 6.45) is 4.84. The normalized spacial score (nSPS) is 13.0. The largest absolute Gasteiger partial charge is 4.00 e. The fraction of sp³-hybridized carbons (Fsp3) is 0.385. The van der Waals surface area contributed by atoms with Crippen molar-refractivity contribution >= 4 is 19.2 Å². The molecule has 0 aliphatic heterocycles. The molecule has 0 radical (unpaired) electrons. The molecule has 0 atom stereocenters. The SMILES string of the molecule is CC1=[C-]C(C(C)(C)C)=C([SiH](c2cc(C)cc(C)c2)c2cc(C)cc(C)c2)C1.[Cl-].[Cl-].[Cl-].[Ti+4]. The van der Waals surface area contributed by atoms with Crippen molar-refractivity contribution in [1.29, 1.82) is 0 Å². The fourth-order valence-electron chi connectivity index (χ4n) is 4.58. The van der Waals surface area contributed by atoms with Crippen LogP contribution in [0.15, 0.2) is 52.7 Å². The quantitative estimate of drug-likeness (QED) is 0.285. The molecule has 0 unspecified atom stereocenters. The van der Waals surface area contributed by atoms with Crippen LogP contribution in [0.25, 0.3) is 0 Å². The standard InChI is InChI=1S/C26H33Si.3ClH.Ti/c1-17-9-18(2)12-22(11-17)27(23-13-19(3)10-20(4)14-23)25-16-21(5)15-24(25)26(6,7)8;;;;/h9-14,27H,16H2,1-8H3;3*1H;/q-1;;;;+4/p-3. The number of rotatable bonds is 3.